The van der Waals surface area contributed by atoms with E-state index in [0.717, 1.165) is 5.39 Å². The predicted octanol–water partition coefficient (Wildman–Crippen LogP) is 5.29. The molecule has 2 aromatic heterocycles. The monoisotopic (exact) mass is 455 g/mol. The van der Waals surface area contributed by atoms with Gasteiger partial charge in [-0.2, -0.15) is 13.2 Å². The second kappa shape index (κ2) is 8.42. The van der Waals surface area contributed by atoms with E-state index in [4.69, 9.17) is 16.0 Å². The summed E-state index contributed by atoms with van der Waals surface area (Å²) in [6.07, 6.45) is -4.50. The van der Waals surface area contributed by atoms with Crippen LogP contribution in [0.3, 0.4) is 0 Å². The van der Waals surface area contributed by atoms with Crippen LogP contribution < -0.4 is 10.1 Å². The van der Waals surface area contributed by atoms with Crippen molar-refractivity contribution < 1.29 is 26.7 Å². The number of H-pyrrole nitrogens is 1. The summed E-state index contributed by atoms with van der Waals surface area (Å²) in [5.41, 5.74) is 1.65. The van der Waals surface area contributed by atoms with Gasteiger partial charge in [0.15, 0.2) is 18.0 Å². The summed E-state index contributed by atoms with van der Waals surface area (Å²) in [7, 11) is 0. The quantitative estimate of drug-likeness (QED) is 0.368. The molecular weight excluding hydrogens is 442 g/mol. The van der Waals surface area contributed by atoms with E-state index in [1.54, 1.807) is 12.1 Å². The van der Waals surface area contributed by atoms with Crippen LogP contribution in [0.2, 0.25) is 5.02 Å². The van der Waals surface area contributed by atoms with Gasteiger partial charge in [0.25, 0.3) is 0 Å². The van der Waals surface area contributed by atoms with Gasteiger partial charge in [-0.3, -0.25) is 0 Å². The smallest absolute Gasteiger partial charge is 0.422 e. The van der Waals surface area contributed by atoms with Crippen molar-refractivity contribution in [3.63, 3.8) is 0 Å². The molecule has 2 aromatic carbocycles. The van der Waals surface area contributed by atoms with Crippen LogP contribution in [0.1, 0.15) is 11.1 Å². The van der Waals surface area contributed by atoms with Crippen LogP contribution >= 0.6 is 11.6 Å². The molecule has 0 saturated carbocycles. The Kier molecular flexibility index (Phi) is 5.68. The number of nitrogens with one attached hydrogen (secondary N) is 2. The molecule has 4 rings (SSSR count). The number of alkyl halides is 4. The molecule has 0 radical (unpaired) electrons. The number of anilines is 1. The molecule has 0 unspecified atom stereocenters. The Balaban J connectivity index is 1.50. The van der Waals surface area contributed by atoms with Crippen LogP contribution in [0.15, 0.2) is 40.8 Å². The third-order valence-corrected chi connectivity index (χ3v) is 4.78. The summed E-state index contributed by atoms with van der Waals surface area (Å²) in [5.74, 6) is 0.627. The fraction of sp³-hybridized carbons (Fsp3) is 0.211. The first-order valence-electron chi connectivity index (χ1n) is 8.91. The largest absolute Gasteiger partial charge is 0.484 e. The van der Waals surface area contributed by atoms with Crippen LogP contribution in [0.5, 0.6) is 5.75 Å². The van der Waals surface area contributed by atoms with E-state index < -0.39 is 19.5 Å². The van der Waals surface area contributed by atoms with E-state index in [0.29, 0.717) is 33.4 Å². The van der Waals surface area contributed by atoms with Gasteiger partial charge in [0, 0.05) is 23.2 Å². The van der Waals surface area contributed by atoms with E-state index in [-0.39, 0.29) is 17.9 Å². The summed E-state index contributed by atoms with van der Waals surface area (Å²) in [6.45, 7) is -2.19. The van der Waals surface area contributed by atoms with E-state index in [2.05, 4.69) is 30.7 Å². The van der Waals surface area contributed by atoms with Crippen molar-refractivity contribution in [2.24, 2.45) is 0 Å². The third kappa shape index (κ3) is 4.71. The molecule has 0 aliphatic heterocycles. The highest BCUT2D eigenvalue weighted by atomic mass is 35.5. The van der Waals surface area contributed by atoms with Crippen LogP contribution in [0, 0.1) is 0 Å². The molecular formula is C19H14ClF4N5O2. The molecule has 0 fully saturated rings. The minimum atomic E-state index is -4.50. The molecule has 0 spiro atoms. The summed E-state index contributed by atoms with van der Waals surface area (Å²) < 4.78 is 60.7. The van der Waals surface area contributed by atoms with E-state index in [1.165, 1.54) is 18.2 Å². The van der Waals surface area contributed by atoms with Gasteiger partial charge in [0.05, 0.1) is 5.02 Å². The molecule has 0 bridgehead atoms. The Bertz CT molecular complexity index is 1190. The van der Waals surface area contributed by atoms with Crippen molar-refractivity contribution in [3.8, 4) is 17.3 Å². The molecule has 31 heavy (non-hydrogen) atoms. The molecule has 7 nitrogen and oxygen atoms in total. The Morgan fingerprint density at radius 1 is 1.13 bits per heavy atom. The number of hydrogen-bond donors (Lipinski definition) is 2. The number of ether oxygens (including phenoxy) is 1. The van der Waals surface area contributed by atoms with Gasteiger partial charge in [-0.25, -0.2) is 9.49 Å². The van der Waals surface area contributed by atoms with Crippen molar-refractivity contribution in [2.75, 3.05) is 11.9 Å². The molecule has 0 atom stereocenters. The lowest BCUT2D eigenvalue weighted by molar-refractivity contribution is -0.153. The van der Waals surface area contributed by atoms with Crippen molar-refractivity contribution >= 4 is 28.3 Å². The number of rotatable bonds is 7. The topological polar surface area (TPSA) is 88.9 Å². The van der Waals surface area contributed by atoms with Crippen molar-refractivity contribution in [1.29, 1.82) is 0 Å². The zero-order valence-electron chi connectivity index (χ0n) is 15.6. The number of halogens is 5. The fourth-order valence-corrected chi connectivity index (χ4v) is 3.20. The Labute approximate surface area is 177 Å². The zero-order valence-corrected chi connectivity index (χ0v) is 16.4. The number of nitrogens with zero attached hydrogens (tertiary/aromatic N) is 3. The highest BCUT2D eigenvalue weighted by Crippen LogP contribution is 2.33. The first-order valence-corrected chi connectivity index (χ1v) is 9.29. The van der Waals surface area contributed by atoms with Gasteiger partial charge in [-0.05, 0) is 40.3 Å². The third-order valence-electron chi connectivity index (χ3n) is 4.36. The van der Waals surface area contributed by atoms with Crippen molar-refractivity contribution in [3.05, 3.63) is 52.5 Å². The second-order valence-electron chi connectivity index (χ2n) is 6.53. The Morgan fingerprint density at radius 2 is 1.97 bits per heavy atom. The van der Waals surface area contributed by atoms with Gasteiger partial charge in [0.2, 0.25) is 5.82 Å². The molecule has 2 N–H and O–H groups in total. The van der Waals surface area contributed by atoms with Crippen LogP contribution in [-0.4, -0.2) is 33.4 Å². The molecule has 162 valence electrons. The molecule has 0 saturated heterocycles. The average Bonchev–Trinajstić information content (AvgIpc) is 3.41. The van der Waals surface area contributed by atoms with Crippen molar-refractivity contribution in [2.45, 2.75) is 19.4 Å². The predicted molar refractivity (Wildman–Crippen MR) is 105 cm³/mol. The summed E-state index contributed by atoms with van der Waals surface area (Å²) in [5, 5.41) is 17.6. The molecule has 12 heteroatoms. The first kappa shape index (κ1) is 20.9. The minimum absolute atomic E-state index is 0.00661. The van der Waals surface area contributed by atoms with Gasteiger partial charge < -0.3 is 14.5 Å². The maximum atomic E-state index is 13.3. The Hall–Kier alpha value is -3.34. The number of fused-ring (bicyclic) bond motifs is 1. The number of furan rings is 1. The number of hydrogen-bond acceptors (Lipinski definition) is 6. The van der Waals surface area contributed by atoms with Crippen LogP contribution in [0.25, 0.3) is 22.6 Å². The maximum Gasteiger partial charge on any atom is 0.422 e. The SMILES string of the molecule is FCc1cc(NCc2ccc3cc(-c4nnn[nH]4)oc3c2Cl)ccc1OCC(F)(F)F. The summed E-state index contributed by atoms with van der Waals surface area (Å²) in [6, 6.07) is 9.54. The zero-order chi connectivity index (χ0) is 22.0. The van der Waals surface area contributed by atoms with Gasteiger partial charge in [0.1, 0.15) is 12.4 Å². The van der Waals surface area contributed by atoms with Crippen molar-refractivity contribution in [1.82, 2.24) is 20.6 Å². The molecule has 4 aromatic rings. The Morgan fingerprint density at radius 3 is 2.68 bits per heavy atom. The van der Waals surface area contributed by atoms with Gasteiger partial charge in [-0.15, -0.1) is 5.10 Å². The highest BCUT2D eigenvalue weighted by Gasteiger charge is 2.28. The van der Waals surface area contributed by atoms with E-state index in [9.17, 15) is 17.6 Å². The maximum absolute atomic E-state index is 13.3. The first-order chi connectivity index (χ1) is 14.8. The fourth-order valence-electron chi connectivity index (χ4n) is 2.92. The molecule has 0 aliphatic rings. The standard InChI is InChI=1S/C19H14ClF4N5O2/c20-16-11(2-1-10-6-15(31-17(10)16)18-26-28-29-27-18)8-25-13-3-4-14(12(5-13)7-21)30-9-19(22,23)24/h1-6,25H,7-9H2,(H,26,27,28,29). The molecule has 2 heterocycles. The normalized spacial score (nSPS) is 11.8. The van der Waals surface area contributed by atoms with Gasteiger partial charge in [-0.1, -0.05) is 23.7 Å². The number of aromatic amines is 1. The van der Waals surface area contributed by atoms with Gasteiger partial charge >= 0.3 is 6.18 Å². The second-order valence-corrected chi connectivity index (χ2v) is 6.91. The average molecular weight is 456 g/mol. The van der Waals surface area contributed by atoms with Crippen LogP contribution in [-0.2, 0) is 13.2 Å². The highest BCUT2D eigenvalue weighted by molar-refractivity contribution is 6.35. The lowest BCUT2D eigenvalue weighted by Gasteiger charge is -2.14. The number of benzene rings is 2. The lowest BCUT2D eigenvalue weighted by atomic mass is 10.1. The molecule has 0 amide bonds. The minimum Gasteiger partial charge on any atom is -0.484 e. The number of tetrazole rings is 1. The number of aromatic nitrogens is 4. The summed E-state index contributed by atoms with van der Waals surface area (Å²) >= 11 is 6.47. The lowest BCUT2D eigenvalue weighted by Crippen LogP contribution is -2.19. The summed E-state index contributed by atoms with van der Waals surface area (Å²) in [4.78, 5) is 0. The van der Waals surface area contributed by atoms with E-state index >= 15 is 0 Å². The molecule has 0 aliphatic carbocycles. The van der Waals surface area contributed by atoms with Crippen LogP contribution in [0.4, 0.5) is 23.2 Å². The van der Waals surface area contributed by atoms with E-state index in [1.807, 2.05) is 6.07 Å².